The number of benzene rings is 2. The number of ether oxygens (including phenoxy) is 1. The fraction of sp³-hybridized carbons (Fsp3) is 0.200. The van der Waals surface area contributed by atoms with Crippen molar-refractivity contribution in [3.8, 4) is 17.4 Å². The first-order valence-corrected chi connectivity index (χ1v) is 10.5. The lowest BCUT2D eigenvalue weighted by atomic mass is 10.1. The van der Waals surface area contributed by atoms with E-state index in [-0.39, 0.29) is 5.91 Å². The SMILES string of the molecule is Cc1nn(-c2cc(Oc3ccc(NC(=O)CCc4ccccc4)cc3)ncn2)c(C)c1C. The summed E-state index contributed by atoms with van der Waals surface area (Å²) in [6.07, 6.45) is 2.59. The van der Waals surface area contributed by atoms with Gasteiger partial charge < -0.3 is 10.1 Å². The number of rotatable bonds is 7. The highest BCUT2D eigenvalue weighted by Crippen LogP contribution is 2.23. The topological polar surface area (TPSA) is 81.9 Å². The van der Waals surface area contributed by atoms with Crippen molar-refractivity contribution in [2.75, 3.05) is 5.32 Å². The molecule has 0 bridgehead atoms. The Morgan fingerprint density at radius 3 is 2.44 bits per heavy atom. The Hall–Kier alpha value is -4.00. The average Bonchev–Trinajstić information content (AvgIpc) is 3.07. The van der Waals surface area contributed by atoms with Crippen LogP contribution in [-0.4, -0.2) is 25.7 Å². The molecule has 0 fully saturated rings. The molecule has 1 N–H and O–H groups in total. The minimum atomic E-state index is -0.0249. The molecule has 0 saturated heterocycles. The van der Waals surface area contributed by atoms with Crippen LogP contribution < -0.4 is 10.1 Å². The number of amides is 1. The van der Waals surface area contributed by atoms with E-state index in [1.54, 1.807) is 22.9 Å². The van der Waals surface area contributed by atoms with Crippen molar-refractivity contribution in [1.82, 2.24) is 19.7 Å². The van der Waals surface area contributed by atoms with Crippen molar-refractivity contribution in [2.45, 2.75) is 33.6 Å². The van der Waals surface area contributed by atoms with Crippen LogP contribution in [0.3, 0.4) is 0 Å². The number of hydrogen-bond donors (Lipinski definition) is 1. The van der Waals surface area contributed by atoms with E-state index in [1.165, 1.54) is 6.33 Å². The maximum atomic E-state index is 12.2. The van der Waals surface area contributed by atoms with Crippen molar-refractivity contribution < 1.29 is 9.53 Å². The standard InChI is InChI=1S/C25H25N5O2/c1-17-18(2)29-30(19(17)3)23-15-25(27-16-26-23)32-22-12-10-21(11-13-22)28-24(31)14-9-20-7-5-4-6-8-20/h4-8,10-13,15-16H,9,14H2,1-3H3,(H,28,31). The predicted molar refractivity (Wildman–Crippen MR) is 123 cm³/mol. The molecule has 4 rings (SSSR count). The van der Waals surface area contributed by atoms with Crippen LogP contribution in [0.15, 0.2) is 67.0 Å². The number of anilines is 1. The number of nitrogens with zero attached hydrogens (tertiary/aromatic N) is 4. The fourth-order valence-electron chi connectivity index (χ4n) is 3.30. The monoisotopic (exact) mass is 427 g/mol. The lowest BCUT2D eigenvalue weighted by molar-refractivity contribution is -0.116. The molecule has 0 aliphatic carbocycles. The van der Waals surface area contributed by atoms with Gasteiger partial charge in [-0.25, -0.2) is 14.6 Å². The Balaban J connectivity index is 1.37. The third-order valence-electron chi connectivity index (χ3n) is 5.34. The van der Waals surface area contributed by atoms with Crippen LogP contribution >= 0.6 is 0 Å². The number of nitrogens with one attached hydrogen (secondary N) is 1. The van der Waals surface area contributed by atoms with Gasteiger partial charge in [0.2, 0.25) is 11.8 Å². The van der Waals surface area contributed by atoms with Gasteiger partial charge in [0.15, 0.2) is 5.82 Å². The molecule has 0 aliphatic rings. The molecule has 1 amide bonds. The first kappa shape index (κ1) is 21.2. The van der Waals surface area contributed by atoms with E-state index < -0.39 is 0 Å². The third kappa shape index (κ3) is 5.00. The van der Waals surface area contributed by atoms with Gasteiger partial charge in [-0.3, -0.25) is 4.79 Å². The van der Waals surface area contributed by atoms with Crippen LogP contribution in [0, 0.1) is 20.8 Å². The number of aromatic nitrogens is 4. The van der Waals surface area contributed by atoms with E-state index in [0.717, 1.165) is 28.2 Å². The van der Waals surface area contributed by atoms with E-state index in [1.807, 2.05) is 63.2 Å². The molecular formula is C25H25N5O2. The molecule has 7 nitrogen and oxygen atoms in total. The molecule has 4 aromatic rings. The lowest BCUT2D eigenvalue weighted by Gasteiger charge is -2.09. The van der Waals surface area contributed by atoms with Gasteiger partial charge in [-0.15, -0.1) is 0 Å². The van der Waals surface area contributed by atoms with E-state index in [0.29, 0.717) is 30.3 Å². The lowest BCUT2D eigenvalue weighted by Crippen LogP contribution is -2.12. The molecule has 7 heteroatoms. The van der Waals surface area contributed by atoms with E-state index in [2.05, 4.69) is 20.4 Å². The van der Waals surface area contributed by atoms with Crippen molar-refractivity contribution in [3.05, 3.63) is 89.5 Å². The minimum Gasteiger partial charge on any atom is -0.439 e. The van der Waals surface area contributed by atoms with Crippen LogP contribution in [0.25, 0.3) is 5.82 Å². The molecule has 0 saturated carbocycles. The molecule has 0 unspecified atom stereocenters. The van der Waals surface area contributed by atoms with Gasteiger partial charge in [0, 0.05) is 23.9 Å². The van der Waals surface area contributed by atoms with Gasteiger partial charge in [-0.05, 0) is 62.6 Å². The second-order valence-electron chi connectivity index (χ2n) is 7.58. The highest BCUT2D eigenvalue weighted by Gasteiger charge is 2.11. The number of hydrogen-bond acceptors (Lipinski definition) is 5. The summed E-state index contributed by atoms with van der Waals surface area (Å²) in [7, 11) is 0. The Morgan fingerprint density at radius 1 is 1.00 bits per heavy atom. The van der Waals surface area contributed by atoms with E-state index >= 15 is 0 Å². The zero-order valence-corrected chi connectivity index (χ0v) is 18.4. The van der Waals surface area contributed by atoms with Gasteiger partial charge in [0.05, 0.1) is 5.69 Å². The van der Waals surface area contributed by atoms with Crippen LogP contribution in [0.5, 0.6) is 11.6 Å². The Labute approximate surface area is 187 Å². The van der Waals surface area contributed by atoms with Gasteiger partial charge >= 0.3 is 0 Å². The minimum absolute atomic E-state index is 0.0249. The first-order chi connectivity index (χ1) is 15.5. The van der Waals surface area contributed by atoms with Crippen molar-refractivity contribution in [2.24, 2.45) is 0 Å². The van der Waals surface area contributed by atoms with E-state index in [4.69, 9.17) is 4.74 Å². The summed E-state index contributed by atoms with van der Waals surface area (Å²) in [5, 5.41) is 7.45. The maximum Gasteiger partial charge on any atom is 0.224 e. The molecule has 162 valence electrons. The molecule has 2 aromatic carbocycles. The fourth-order valence-corrected chi connectivity index (χ4v) is 3.30. The van der Waals surface area contributed by atoms with Crippen molar-refractivity contribution in [3.63, 3.8) is 0 Å². The second kappa shape index (κ2) is 9.43. The summed E-state index contributed by atoms with van der Waals surface area (Å²) in [6, 6.07) is 18.9. The molecule has 0 aliphatic heterocycles. The normalized spacial score (nSPS) is 10.7. The van der Waals surface area contributed by atoms with Crippen molar-refractivity contribution >= 4 is 11.6 Å². The highest BCUT2D eigenvalue weighted by molar-refractivity contribution is 5.90. The Bertz CT molecular complexity index is 1220. The highest BCUT2D eigenvalue weighted by atomic mass is 16.5. The molecule has 2 heterocycles. The molecule has 0 atom stereocenters. The predicted octanol–water partition coefficient (Wildman–Crippen LogP) is 4.95. The zero-order chi connectivity index (χ0) is 22.5. The number of carbonyl (C=O) groups is 1. The van der Waals surface area contributed by atoms with Gasteiger partial charge in [0.1, 0.15) is 12.1 Å². The summed E-state index contributed by atoms with van der Waals surface area (Å²) >= 11 is 0. The summed E-state index contributed by atoms with van der Waals surface area (Å²) in [5.74, 6) is 1.65. The zero-order valence-electron chi connectivity index (χ0n) is 18.4. The van der Waals surface area contributed by atoms with Crippen LogP contribution in [0.2, 0.25) is 0 Å². The molecule has 0 radical (unpaired) electrons. The van der Waals surface area contributed by atoms with Gasteiger partial charge in [-0.2, -0.15) is 5.10 Å². The molecular weight excluding hydrogens is 402 g/mol. The Kier molecular flexibility index (Phi) is 6.26. The molecule has 0 spiro atoms. The molecule has 2 aromatic heterocycles. The third-order valence-corrected chi connectivity index (χ3v) is 5.34. The summed E-state index contributed by atoms with van der Waals surface area (Å²) < 4.78 is 7.66. The summed E-state index contributed by atoms with van der Waals surface area (Å²) in [5.41, 5.74) is 4.99. The largest absolute Gasteiger partial charge is 0.439 e. The van der Waals surface area contributed by atoms with E-state index in [9.17, 15) is 4.79 Å². The summed E-state index contributed by atoms with van der Waals surface area (Å²) in [6.45, 7) is 6.01. The number of aryl methyl sites for hydroxylation is 2. The van der Waals surface area contributed by atoms with Gasteiger partial charge in [-0.1, -0.05) is 30.3 Å². The second-order valence-corrected chi connectivity index (χ2v) is 7.58. The van der Waals surface area contributed by atoms with Gasteiger partial charge in [0.25, 0.3) is 0 Å². The maximum absolute atomic E-state index is 12.2. The quantitative estimate of drug-likeness (QED) is 0.451. The molecule has 32 heavy (non-hydrogen) atoms. The summed E-state index contributed by atoms with van der Waals surface area (Å²) in [4.78, 5) is 20.7. The van der Waals surface area contributed by atoms with Crippen LogP contribution in [0.4, 0.5) is 5.69 Å². The van der Waals surface area contributed by atoms with Crippen molar-refractivity contribution in [1.29, 1.82) is 0 Å². The smallest absolute Gasteiger partial charge is 0.224 e. The van der Waals surface area contributed by atoms with Crippen LogP contribution in [0.1, 0.15) is 28.9 Å². The number of carbonyl (C=O) groups excluding carboxylic acids is 1. The first-order valence-electron chi connectivity index (χ1n) is 10.5. The average molecular weight is 428 g/mol. The van der Waals surface area contributed by atoms with Crippen LogP contribution in [-0.2, 0) is 11.2 Å². The Morgan fingerprint density at radius 2 is 1.75 bits per heavy atom.